The third-order valence-corrected chi connectivity index (χ3v) is 4.07. The molecule has 2 aromatic heterocycles. The van der Waals surface area contributed by atoms with Gasteiger partial charge in [-0.05, 0) is 18.4 Å². The van der Waals surface area contributed by atoms with Crippen LogP contribution in [0.2, 0.25) is 0 Å². The van der Waals surface area contributed by atoms with Crippen LogP contribution in [0.1, 0.15) is 26.3 Å². The number of nitrogens with one attached hydrogen (secondary N) is 2. The minimum absolute atomic E-state index is 0.281. The van der Waals surface area contributed by atoms with Gasteiger partial charge in [-0.15, -0.1) is 0 Å². The van der Waals surface area contributed by atoms with Crippen molar-refractivity contribution < 1.29 is 0 Å². The number of hydrogen-bond acceptors (Lipinski definition) is 5. The highest BCUT2D eigenvalue weighted by molar-refractivity contribution is 5.99. The van der Waals surface area contributed by atoms with Crippen LogP contribution >= 0.6 is 0 Å². The number of benzene rings is 1. The van der Waals surface area contributed by atoms with Crippen LogP contribution in [0.3, 0.4) is 0 Å². The summed E-state index contributed by atoms with van der Waals surface area (Å²) < 4.78 is 3.09. The number of aryl methyl sites for hydroxylation is 1. The van der Waals surface area contributed by atoms with Crippen molar-refractivity contribution in [2.45, 2.75) is 27.3 Å². The molecular weight excluding hydrogens is 332 g/mol. The zero-order valence-electron chi connectivity index (χ0n) is 15.3. The highest BCUT2D eigenvalue weighted by atomic mass is 16.2. The molecule has 3 rings (SSSR count). The van der Waals surface area contributed by atoms with E-state index in [-0.39, 0.29) is 5.92 Å². The molecule has 0 atom stereocenters. The minimum atomic E-state index is -0.493. The Labute approximate surface area is 150 Å². The zero-order valence-corrected chi connectivity index (χ0v) is 15.3. The summed E-state index contributed by atoms with van der Waals surface area (Å²) in [7, 11) is 1.58. The molecule has 2 heterocycles. The molecule has 0 aliphatic heterocycles. The maximum atomic E-state index is 12.3. The third kappa shape index (κ3) is 3.30. The van der Waals surface area contributed by atoms with Crippen LogP contribution in [0.4, 0.5) is 5.95 Å². The van der Waals surface area contributed by atoms with Crippen LogP contribution in [0.15, 0.2) is 45.0 Å². The molecule has 0 fully saturated rings. The number of fused-ring (bicyclic) bond motifs is 1. The number of hydrazone groups is 1. The van der Waals surface area contributed by atoms with Gasteiger partial charge in [0.25, 0.3) is 5.56 Å². The van der Waals surface area contributed by atoms with Gasteiger partial charge < -0.3 is 4.57 Å². The van der Waals surface area contributed by atoms with E-state index in [0.29, 0.717) is 23.7 Å². The molecule has 0 radical (unpaired) electrons. The summed E-state index contributed by atoms with van der Waals surface area (Å²) in [6.07, 6.45) is 0. The van der Waals surface area contributed by atoms with Gasteiger partial charge in [0, 0.05) is 13.6 Å². The van der Waals surface area contributed by atoms with E-state index in [4.69, 9.17) is 0 Å². The highest BCUT2D eigenvalue weighted by Crippen LogP contribution is 2.17. The Morgan fingerprint density at radius 2 is 1.96 bits per heavy atom. The van der Waals surface area contributed by atoms with E-state index in [9.17, 15) is 9.59 Å². The monoisotopic (exact) mass is 354 g/mol. The van der Waals surface area contributed by atoms with Gasteiger partial charge in [0.1, 0.15) is 0 Å². The fourth-order valence-electron chi connectivity index (χ4n) is 2.74. The lowest BCUT2D eigenvalue weighted by Gasteiger charge is -2.11. The van der Waals surface area contributed by atoms with Crippen LogP contribution in [-0.4, -0.2) is 24.8 Å². The van der Waals surface area contributed by atoms with Gasteiger partial charge in [0.15, 0.2) is 11.2 Å². The normalized spacial score (nSPS) is 12.1. The maximum absolute atomic E-state index is 12.3. The van der Waals surface area contributed by atoms with Crippen LogP contribution in [-0.2, 0) is 13.6 Å². The molecule has 0 saturated heterocycles. The summed E-state index contributed by atoms with van der Waals surface area (Å²) in [5, 5.41) is 4.39. The summed E-state index contributed by atoms with van der Waals surface area (Å²) in [5.41, 5.74) is 4.46. The van der Waals surface area contributed by atoms with Crippen LogP contribution in [0, 0.1) is 5.92 Å². The molecule has 8 heteroatoms. The second-order valence-corrected chi connectivity index (χ2v) is 6.61. The smallest absolute Gasteiger partial charge is 0.303 e. The lowest BCUT2D eigenvalue weighted by Crippen LogP contribution is -2.29. The van der Waals surface area contributed by atoms with Crippen molar-refractivity contribution in [1.82, 2.24) is 19.1 Å². The Hall–Kier alpha value is -3.16. The molecule has 26 heavy (non-hydrogen) atoms. The number of H-pyrrole nitrogens is 1. The summed E-state index contributed by atoms with van der Waals surface area (Å²) in [6, 6.07) is 9.76. The van der Waals surface area contributed by atoms with Gasteiger partial charge in [-0.25, -0.2) is 10.2 Å². The molecule has 0 spiro atoms. The van der Waals surface area contributed by atoms with Crippen LogP contribution in [0.25, 0.3) is 11.2 Å². The molecule has 136 valence electrons. The predicted octanol–water partition coefficient (Wildman–Crippen LogP) is 1.92. The molecule has 0 amide bonds. The molecule has 0 bridgehead atoms. The van der Waals surface area contributed by atoms with E-state index >= 15 is 0 Å². The predicted molar refractivity (Wildman–Crippen MR) is 103 cm³/mol. The Bertz CT molecular complexity index is 1070. The Kier molecular flexibility index (Phi) is 4.75. The lowest BCUT2D eigenvalue weighted by molar-refractivity contribution is 0.535. The topological polar surface area (TPSA) is 97.1 Å². The van der Waals surface area contributed by atoms with Crippen molar-refractivity contribution in [3.05, 3.63) is 56.7 Å². The quantitative estimate of drug-likeness (QED) is 0.540. The lowest BCUT2D eigenvalue weighted by atomic mass is 10.1. The number of nitrogens with zero attached hydrogens (tertiary/aromatic N) is 4. The average molecular weight is 354 g/mol. The van der Waals surface area contributed by atoms with Crippen molar-refractivity contribution in [3.8, 4) is 0 Å². The van der Waals surface area contributed by atoms with E-state index in [1.165, 1.54) is 4.57 Å². The number of imidazole rings is 1. The van der Waals surface area contributed by atoms with Gasteiger partial charge in [-0.1, -0.05) is 44.2 Å². The first kappa shape index (κ1) is 17.7. The summed E-state index contributed by atoms with van der Waals surface area (Å²) >= 11 is 0. The van der Waals surface area contributed by atoms with Crippen molar-refractivity contribution in [1.29, 1.82) is 0 Å². The van der Waals surface area contributed by atoms with Crippen LogP contribution < -0.4 is 16.7 Å². The largest absolute Gasteiger partial charge is 0.329 e. The molecule has 2 N–H and O–H groups in total. The average Bonchev–Trinajstić information content (AvgIpc) is 2.97. The highest BCUT2D eigenvalue weighted by Gasteiger charge is 2.17. The van der Waals surface area contributed by atoms with E-state index < -0.39 is 11.2 Å². The van der Waals surface area contributed by atoms with Crippen molar-refractivity contribution in [2.24, 2.45) is 18.1 Å². The standard InChI is InChI=1S/C18H22N6O2/c1-11(2)10-24-14-15(23(4)18(26)20-16(14)25)19-17(24)22-21-12(3)13-8-6-5-7-9-13/h5-9,11H,10H2,1-4H3,(H,19,22)(H,20,25,26)/b21-12+. The Morgan fingerprint density at radius 1 is 1.27 bits per heavy atom. The van der Waals surface area contributed by atoms with Gasteiger partial charge in [-0.2, -0.15) is 10.1 Å². The first-order chi connectivity index (χ1) is 12.4. The Morgan fingerprint density at radius 3 is 2.62 bits per heavy atom. The number of hydrogen-bond donors (Lipinski definition) is 2. The van der Waals surface area contributed by atoms with Crippen molar-refractivity contribution in [2.75, 3.05) is 5.43 Å². The summed E-state index contributed by atoms with van der Waals surface area (Å²) in [4.78, 5) is 31.0. The number of aromatic nitrogens is 4. The van der Waals surface area contributed by atoms with Gasteiger partial charge in [0.2, 0.25) is 5.95 Å². The SMILES string of the molecule is C/C(=N\Nc1nc2c(c(=O)[nH]c(=O)n2C)n1CC(C)C)c1ccccc1. The van der Waals surface area contributed by atoms with Crippen molar-refractivity contribution >= 4 is 22.8 Å². The van der Waals surface area contributed by atoms with E-state index in [0.717, 1.165) is 11.3 Å². The van der Waals surface area contributed by atoms with Crippen molar-refractivity contribution in [3.63, 3.8) is 0 Å². The first-order valence-corrected chi connectivity index (χ1v) is 8.43. The van der Waals surface area contributed by atoms with E-state index in [1.807, 2.05) is 51.1 Å². The number of rotatable bonds is 5. The fraction of sp³-hybridized carbons (Fsp3) is 0.333. The molecule has 1 aromatic carbocycles. The summed E-state index contributed by atoms with van der Waals surface area (Å²) in [6.45, 7) is 6.55. The molecule has 3 aromatic rings. The van der Waals surface area contributed by atoms with Gasteiger partial charge >= 0.3 is 5.69 Å². The second-order valence-electron chi connectivity index (χ2n) is 6.61. The van der Waals surface area contributed by atoms with E-state index in [2.05, 4.69) is 20.5 Å². The minimum Gasteiger partial charge on any atom is -0.303 e. The molecule has 8 nitrogen and oxygen atoms in total. The molecule has 0 unspecified atom stereocenters. The molecule has 0 saturated carbocycles. The number of anilines is 1. The Balaban J connectivity index is 2.10. The summed E-state index contributed by atoms with van der Waals surface area (Å²) in [5.74, 6) is 0.708. The zero-order chi connectivity index (χ0) is 18.8. The maximum Gasteiger partial charge on any atom is 0.329 e. The van der Waals surface area contributed by atoms with Crippen LogP contribution in [0.5, 0.6) is 0 Å². The third-order valence-electron chi connectivity index (χ3n) is 4.07. The molecular formula is C18H22N6O2. The first-order valence-electron chi connectivity index (χ1n) is 8.43. The van der Waals surface area contributed by atoms with Gasteiger partial charge in [-0.3, -0.25) is 14.3 Å². The number of aromatic amines is 1. The molecule has 0 aliphatic rings. The molecule has 0 aliphatic carbocycles. The second kappa shape index (κ2) is 6.99. The van der Waals surface area contributed by atoms with E-state index in [1.54, 1.807) is 11.6 Å². The fourth-order valence-corrected chi connectivity index (χ4v) is 2.74. The van der Waals surface area contributed by atoms with Gasteiger partial charge in [0.05, 0.1) is 5.71 Å².